The topological polar surface area (TPSA) is 62.7 Å². The molecule has 1 fully saturated rings. The average Bonchev–Trinajstić information content (AvgIpc) is 2.57. The third kappa shape index (κ3) is 3.68. The fourth-order valence-corrected chi connectivity index (χ4v) is 2.70. The zero-order valence-electron chi connectivity index (χ0n) is 13.1. The largest absolute Gasteiger partial charge is 0.457 e. The van der Waals surface area contributed by atoms with Crippen molar-refractivity contribution in [1.82, 2.24) is 9.88 Å². The first kappa shape index (κ1) is 15.5. The molecule has 0 spiro atoms. The van der Waals surface area contributed by atoms with Crippen LogP contribution in [0.4, 0.5) is 0 Å². The molecule has 1 amide bonds. The molecule has 3 rings (SSSR count). The highest BCUT2D eigenvalue weighted by Gasteiger charge is 2.23. The Hall–Kier alpha value is -2.40. The Bertz CT molecular complexity index is 688. The van der Waals surface area contributed by atoms with E-state index in [0.717, 1.165) is 18.4 Å². The van der Waals surface area contributed by atoms with Crippen LogP contribution in [0.25, 0.3) is 0 Å². The van der Waals surface area contributed by atoms with E-state index in [9.17, 15) is 9.90 Å². The number of carbonyl (C=O) groups is 1. The number of ether oxygens (including phenoxy) is 1. The molecule has 23 heavy (non-hydrogen) atoms. The van der Waals surface area contributed by atoms with E-state index in [1.165, 1.54) is 0 Å². The van der Waals surface area contributed by atoms with E-state index in [-0.39, 0.29) is 5.91 Å². The maximum Gasteiger partial charge on any atom is 0.254 e. The Kier molecular flexibility index (Phi) is 4.57. The molecule has 0 saturated carbocycles. The van der Waals surface area contributed by atoms with Crippen LogP contribution in [0.5, 0.6) is 11.5 Å². The van der Waals surface area contributed by atoms with Crippen molar-refractivity contribution in [3.63, 3.8) is 0 Å². The molecule has 1 atom stereocenters. The Balaban J connectivity index is 1.80. The van der Waals surface area contributed by atoms with Crippen LogP contribution in [0.15, 0.2) is 42.7 Å². The van der Waals surface area contributed by atoms with Crippen LogP contribution in [0, 0.1) is 6.92 Å². The highest BCUT2D eigenvalue weighted by Crippen LogP contribution is 2.26. The van der Waals surface area contributed by atoms with Gasteiger partial charge in [0.25, 0.3) is 5.91 Å². The molecule has 1 saturated heterocycles. The number of likely N-dealkylation sites (tertiary alicyclic amines) is 1. The molecule has 0 aliphatic carbocycles. The van der Waals surface area contributed by atoms with Crippen molar-refractivity contribution in [2.24, 2.45) is 0 Å². The molecular weight excluding hydrogens is 292 g/mol. The van der Waals surface area contributed by atoms with Gasteiger partial charge in [-0.2, -0.15) is 0 Å². The minimum atomic E-state index is -0.425. The van der Waals surface area contributed by atoms with Crippen molar-refractivity contribution in [3.05, 3.63) is 53.9 Å². The molecule has 0 bridgehead atoms. The van der Waals surface area contributed by atoms with Gasteiger partial charge >= 0.3 is 0 Å². The van der Waals surface area contributed by atoms with Crippen molar-refractivity contribution in [1.29, 1.82) is 0 Å². The van der Waals surface area contributed by atoms with Crippen LogP contribution in [-0.2, 0) is 0 Å². The lowest BCUT2D eigenvalue weighted by Gasteiger charge is -2.30. The lowest BCUT2D eigenvalue weighted by Crippen LogP contribution is -2.42. The van der Waals surface area contributed by atoms with Gasteiger partial charge in [-0.25, -0.2) is 0 Å². The summed E-state index contributed by atoms with van der Waals surface area (Å²) in [5.41, 5.74) is 1.53. The van der Waals surface area contributed by atoms with E-state index >= 15 is 0 Å². The average molecular weight is 312 g/mol. The predicted octanol–water partition coefficient (Wildman–Crippen LogP) is 2.78. The van der Waals surface area contributed by atoms with Gasteiger partial charge in [0.2, 0.25) is 0 Å². The van der Waals surface area contributed by atoms with Gasteiger partial charge in [-0.05, 0) is 49.6 Å². The van der Waals surface area contributed by atoms with Crippen LogP contribution >= 0.6 is 0 Å². The lowest BCUT2D eigenvalue weighted by atomic mass is 10.1. The number of amides is 1. The van der Waals surface area contributed by atoms with Gasteiger partial charge in [0.05, 0.1) is 6.10 Å². The van der Waals surface area contributed by atoms with Crippen LogP contribution < -0.4 is 4.74 Å². The number of aryl methyl sites for hydroxylation is 1. The van der Waals surface area contributed by atoms with E-state index in [4.69, 9.17) is 4.74 Å². The Labute approximate surface area is 135 Å². The van der Waals surface area contributed by atoms with Crippen LogP contribution in [-0.4, -0.2) is 40.1 Å². The standard InChI is InChI=1S/C18H20N2O3/c1-13-4-5-14(18(22)20-10-2-3-15(21)12-20)11-17(13)23-16-6-8-19-9-7-16/h4-9,11,15,21H,2-3,10,12H2,1H3. The number of hydrogen-bond donors (Lipinski definition) is 1. The van der Waals surface area contributed by atoms with E-state index < -0.39 is 6.10 Å². The first-order chi connectivity index (χ1) is 11.1. The molecule has 0 radical (unpaired) electrons. The zero-order chi connectivity index (χ0) is 16.2. The normalized spacial score (nSPS) is 17.8. The first-order valence-corrected chi connectivity index (χ1v) is 7.79. The van der Waals surface area contributed by atoms with Crippen molar-refractivity contribution >= 4 is 5.91 Å². The zero-order valence-corrected chi connectivity index (χ0v) is 13.1. The highest BCUT2D eigenvalue weighted by atomic mass is 16.5. The second kappa shape index (κ2) is 6.79. The molecular formula is C18H20N2O3. The van der Waals surface area contributed by atoms with Crippen molar-refractivity contribution in [3.8, 4) is 11.5 Å². The molecule has 1 aromatic heterocycles. The third-order valence-corrected chi connectivity index (χ3v) is 4.00. The Morgan fingerprint density at radius 3 is 2.83 bits per heavy atom. The lowest BCUT2D eigenvalue weighted by molar-refractivity contribution is 0.0473. The predicted molar refractivity (Wildman–Crippen MR) is 86.6 cm³/mol. The number of benzene rings is 1. The summed E-state index contributed by atoms with van der Waals surface area (Å²) in [5, 5.41) is 9.74. The summed E-state index contributed by atoms with van der Waals surface area (Å²) < 4.78 is 5.85. The number of rotatable bonds is 3. The number of piperidine rings is 1. The van der Waals surface area contributed by atoms with Crippen molar-refractivity contribution in [2.45, 2.75) is 25.9 Å². The number of nitrogens with zero attached hydrogens (tertiary/aromatic N) is 2. The molecule has 1 N–H and O–H groups in total. The minimum absolute atomic E-state index is 0.0664. The maximum absolute atomic E-state index is 12.6. The molecule has 1 aromatic carbocycles. The molecule has 5 nitrogen and oxygen atoms in total. The van der Waals surface area contributed by atoms with E-state index in [2.05, 4.69) is 4.98 Å². The summed E-state index contributed by atoms with van der Waals surface area (Å²) in [6.07, 6.45) is 4.49. The quantitative estimate of drug-likeness (QED) is 0.946. The highest BCUT2D eigenvalue weighted by molar-refractivity contribution is 5.94. The van der Waals surface area contributed by atoms with E-state index in [1.54, 1.807) is 41.6 Å². The van der Waals surface area contributed by atoms with Crippen molar-refractivity contribution < 1.29 is 14.6 Å². The molecule has 1 aliphatic heterocycles. The van der Waals surface area contributed by atoms with Gasteiger partial charge in [-0.1, -0.05) is 6.07 Å². The van der Waals surface area contributed by atoms with Gasteiger partial charge in [0.15, 0.2) is 0 Å². The summed E-state index contributed by atoms with van der Waals surface area (Å²) >= 11 is 0. The number of aromatic nitrogens is 1. The molecule has 2 heterocycles. The second-order valence-electron chi connectivity index (χ2n) is 5.81. The number of β-amino-alcohol motifs (C(OH)–C–C–N with tert-alkyl or cyclic N) is 1. The second-order valence-corrected chi connectivity index (χ2v) is 5.81. The van der Waals surface area contributed by atoms with Crippen LogP contribution in [0.2, 0.25) is 0 Å². The summed E-state index contributed by atoms with van der Waals surface area (Å²) in [5.74, 6) is 1.27. The van der Waals surface area contributed by atoms with Gasteiger partial charge in [-0.3, -0.25) is 9.78 Å². The third-order valence-electron chi connectivity index (χ3n) is 4.00. The SMILES string of the molecule is Cc1ccc(C(=O)N2CCCC(O)C2)cc1Oc1ccncc1. The number of hydrogen-bond acceptors (Lipinski definition) is 4. The van der Waals surface area contributed by atoms with E-state index in [0.29, 0.717) is 30.2 Å². The first-order valence-electron chi connectivity index (χ1n) is 7.79. The molecule has 120 valence electrons. The maximum atomic E-state index is 12.6. The number of aliphatic hydroxyl groups excluding tert-OH is 1. The molecule has 1 unspecified atom stereocenters. The smallest absolute Gasteiger partial charge is 0.254 e. The molecule has 1 aliphatic rings. The molecule has 5 heteroatoms. The van der Waals surface area contributed by atoms with Gasteiger partial charge in [-0.15, -0.1) is 0 Å². The number of aliphatic hydroxyl groups is 1. The minimum Gasteiger partial charge on any atom is -0.457 e. The fourth-order valence-electron chi connectivity index (χ4n) is 2.70. The fraction of sp³-hybridized carbons (Fsp3) is 0.333. The summed E-state index contributed by atoms with van der Waals surface area (Å²) in [6, 6.07) is 8.99. The van der Waals surface area contributed by atoms with Crippen LogP contribution in [0.1, 0.15) is 28.8 Å². The molecule has 2 aromatic rings. The summed E-state index contributed by atoms with van der Waals surface area (Å²) in [6.45, 7) is 3.02. The van der Waals surface area contributed by atoms with Crippen molar-refractivity contribution in [2.75, 3.05) is 13.1 Å². The Morgan fingerprint density at radius 2 is 2.09 bits per heavy atom. The summed E-state index contributed by atoms with van der Waals surface area (Å²) in [7, 11) is 0. The van der Waals surface area contributed by atoms with E-state index in [1.807, 2.05) is 13.0 Å². The van der Waals surface area contributed by atoms with Gasteiger partial charge < -0.3 is 14.7 Å². The number of pyridine rings is 1. The summed E-state index contributed by atoms with van der Waals surface area (Å²) in [4.78, 5) is 18.3. The van der Waals surface area contributed by atoms with Gasteiger partial charge in [0.1, 0.15) is 11.5 Å². The number of carbonyl (C=O) groups excluding carboxylic acids is 1. The van der Waals surface area contributed by atoms with Gasteiger partial charge in [0, 0.05) is 31.0 Å². The van der Waals surface area contributed by atoms with Crippen LogP contribution in [0.3, 0.4) is 0 Å². The monoisotopic (exact) mass is 312 g/mol. The Morgan fingerprint density at radius 1 is 1.30 bits per heavy atom.